The van der Waals surface area contributed by atoms with Crippen LogP contribution in [0.15, 0.2) is 54.6 Å². The predicted octanol–water partition coefficient (Wildman–Crippen LogP) is 2.47. The molecule has 0 fully saturated rings. The second-order valence-electron chi connectivity index (χ2n) is 3.89. The molecule has 0 radical (unpaired) electrons. The van der Waals surface area contributed by atoms with E-state index in [1.807, 2.05) is 42.5 Å². The summed E-state index contributed by atoms with van der Waals surface area (Å²) in [5.74, 6) is -1.69. The largest absolute Gasteiger partial charge is 0.462 e. The van der Waals surface area contributed by atoms with Gasteiger partial charge in [0.1, 0.15) is 0 Å². The molecule has 2 rings (SSSR count). The molecule has 0 aromatic heterocycles. The van der Waals surface area contributed by atoms with Crippen molar-refractivity contribution in [2.45, 2.75) is 0 Å². The summed E-state index contributed by atoms with van der Waals surface area (Å²) in [6, 6.07) is 17.1. The Labute approximate surface area is 111 Å². The van der Waals surface area contributed by atoms with Gasteiger partial charge in [-0.1, -0.05) is 42.5 Å². The van der Waals surface area contributed by atoms with Crippen molar-refractivity contribution >= 4 is 17.6 Å². The van der Waals surface area contributed by atoms with Gasteiger partial charge in [-0.3, -0.25) is 4.79 Å². The second kappa shape index (κ2) is 5.82. The van der Waals surface area contributed by atoms with Gasteiger partial charge in [0.15, 0.2) is 0 Å². The number of carbonyl (C=O) groups is 2. The Kier molecular flexibility index (Phi) is 3.93. The molecule has 1 amide bonds. The number of amides is 1. The lowest BCUT2D eigenvalue weighted by Gasteiger charge is -2.05. The summed E-state index contributed by atoms with van der Waals surface area (Å²) in [6.45, 7) is 0. The first kappa shape index (κ1) is 12.8. The normalized spacial score (nSPS) is 9.74. The van der Waals surface area contributed by atoms with Gasteiger partial charge in [0, 0.05) is 5.69 Å². The third-order valence-corrected chi connectivity index (χ3v) is 2.62. The van der Waals surface area contributed by atoms with Crippen molar-refractivity contribution in [3.05, 3.63) is 54.6 Å². The molecule has 0 saturated carbocycles. The fraction of sp³-hybridized carbons (Fsp3) is 0.0667. The zero-order chi connectivity index (χ0) is 13.7. The lowest BCUT2D eigenvalue weighted by atomic mass is 10.1. The van der Waals surface area contributed by atoms with Crippen LogP contribution in [0.2, 0.25) is 0 Å². The van der Waals surface area contributed by atoms with E-state index in [-0.39, 0.29) is 0 Å². The highest BCUT2D eigenvalue weighted by atomic mass is 16.5. The molecule has 0 saturated heterocycles. The first-order valence-electron chi connectivity index (χ1n) is 5.75. The van der Waals surface area contributed by atoms with Crippen LogP contribution in [0.25, 0.3) is 11.1 Å². The number of rotatable bonds is 2. The molecule has 0 spiro atoms. The number of hydrogen-bond donors (Lipinski definition) is 1. The summed E-state index contributed by atoms with van der Waals surface area (Å²) < 4.78 is 4.33. The Hall–Kier alpha value is -2.62. The number of methoxy groups -OCH3 is 1. The molecular formula is C15H13NO3. The van der Waals surface area contributed by atoms with Gasteiger partial charge in [-0.2, -0.15) is 0 Å². The smallest absolute Gasteiger partial charge is 0.396 e. The molecule has 96 valence electrons. The minimum atomic E-state index is -0.910. The third kappa shape index (κ3) is 3.19. The molecule has 2 aromatic rings. The molecule has 0 aliphatic carbocycles. The van der Waals surface area contributed by atoms with Crippen molar-refractivity contribution in [2.24, 2.45) is 0 Å². The maximum Gasteiger partial charge on any atom is 0.396 e. The van der Waals surface area contributed by atoms with Crippen molar-refractivity contribution in [2.75, 3.05) is 12.4 Å². The molecule has 4 heteroatoms. The molecule has 2 aromatic carbocycles. The maximum absolute atomic E-state index is 11.3. The highest BCUT2D eigenvalue weighted by molar-refractivity contribution is 6.37. The Morgan fingerprint density at radius 3 is 2.05 bits per heavy atom. The van der Waals surface area contributed by atoms with Gasteiger partial charge in [-0.25, -0.2) is 4.79 Å². The average Bonchev–Trinajstić information content (AvgIpc) is 2.48. The molecular weight excluding hydrogens is 242 g/mol. The van der Waals surface area contributed by atoms with E-state index in [0.29, 0.717) is 5.69 Å². The molecule has 1 N–H and O–H groups in total. The van der Waals surface area contributed by atoms with Gasteiger partial charge in [0.2, 0.25) is 0 Å². The van der Waals surface area contributed by atoms with Crippen LogP contribution in [0.3, 0.4) is 0 Å². The summed E-state index contributed by atoms with van der Waals surface area (Å²) in [4.78, 5) is 22.3. The Balaban J connectivity index is 2.11. The molecule has 0 heterocycles. The number of nitrogens with one attached hydrogen (secondary N) is 1. The molecule has 0 unspecified atom stereocenters. The Bertz CT molecular complexity index is 576. The molecule has 0 bridgehead atoms. The Morgan fingerprint density at radius 2 is 1.47 bits per heavy atom. The van der Waals surface area contributed by atoms with Crippen LogP contribution >= 0.6 is 0 Å². The highest BCUT2D eigenvalue weighted by Gasteiger charge is 2.13. The van der Waals surface area contributed by atoms with Crippen LogP contribution in [0.1, 0.15) is 0 Å². The first-order valence-corrected chi connectivity index (χ1v) is 5.75. The minimum Gasteiger partial charge on any atom is -0.462 e. The van der Waals surface area contributed by atoms with E-state index in [0.717, 1.165) is 11.1 Å². The summed E-state index contributed by atoms with van der Waals surface area (Å²) in [5, 5.41) is 2.46. The molecule has 0 aliphatic heterocycles. The summed E-state index contributed by atoms with van der Waals surface area (Å²) in [5.41, 5.74) is 2.68. The molecule has 0 atom stereocenters. The predicted molar refractivity (Wildman–Crippen MR) is 72.5 cm³/mol. The van der Waals surface area contributed by atoms with Crippen molar-refractivity contribution in [1.29, 1.82) is 0 Å². The lowest BCUT2D eigenvalue weighted by Crippen LogP contribution is -2.23. The van der Waals surface area contributed by atoms with Crippen LogP contribution < -0.4 is 5.32 Å². The zero-order valence-electron chi connectivity index (χ0n) is 10.4. The van der Waals surface area contributed by atoms with Gasteiger partial charge < -0.3 is 10.1 Å². The van der Waals surface area contributed by atoms with Crippen molar-refractivity contribution in [3.8, 4) is 11.1 Å². The third-order valence-electron chi connectivity index (χ3n) is 2.62. The number of anilines is 1. The first-order chi connectivity index (χ1) is 9.20. The number of esters is 1. The maximum atomic E-state index is 11.3. The van der Waals surface area contributed by atoms with E-state index in [4.69, 9.17) is 0 Å². The van der Waals surface area contributed by atoms with Crippen molar-refractivity contribution < 1.29 is 14.3 Å². The van der Waals surface area contributed by atoms with E-state index in [2.05, 4.69) is 10.1 Å². The number of carbonyl (C=O) groups excluding carboxylic acids is 2. The van der Waals surface area contributed by atoms with E-state index in [1.165, 1.54) is 7.11 Å². The topological polar surface area (TPSA) is 55.4 Å². The number of hydrogen-bond acceptors (Lipinski definition) is 3. The van der Waals surface area contributed by atoms with Crippen molar-refractivity contribution in [3.63, 3.8) is 0 Å². The molecule has 0 aliphatic rings. The zero-order valence-corrected chi connectivity index (χ0v) is 10.4. The standard InChI is InChI=1S/C15H13NO3/c1-19-15(18)14(17)16-13-9-7-12(8-10-13)11-5-3-2-4-6-11/h2-10H,1H3,(H,16,17). The van der Waals surface area contributed by atoms with Crippen LogP contribution in [0.4, 0.5) is 5.69 Å². The van der Waals surface area contributed by atoms with Crippen LogP contribution in [0.5, 0.6) is 0 Å². The highest BCUT2D eigenvalue weighted by Crippen LogP contribution is 2.20. The van der Waals surface area contributed by atoms with E-state index in [9.17, 15) is 9.59 Å². The van der Waals surface area contributed by atoms with E-state index >= 15 is 0 Å². The Morgan fingerprint density at radius 1 is 0.895 bits per heavy atom. The van der Waals surface area contributed by atoms with Gasteiger partial charge in [-0.05, 0) is 23.3 Å². The molecule has 4 nitrogen and oxygen atoms in total. The van der Waals surface area contributed by atoms with Gasteiger partial charge in [-0.15, -0.1) is 0 Å². The summed E-state index contributed by atoms with van der Waals surface area (Å²) in [6.07, 6.45) is 0. The fourth-order valence-corrected chi connectivity index (χ4v) is 1.65. The summed E-state index contributed by atoms with van der Waals surface area (Å²) >= 11 is 0. The molecule has 19 heavy (non-hydrogen) atoms. The van der Waals surface area contributed by atoms with E-state index in [1.54, 1.807) is 12.1 Å². The van der Waals surface area contributed by atoms with Gasteiger partial charge in [0.25, 0.3) is 0 Å². The number of ether oxygens (including phenoxy) is 1. The lowest BCUT2D eigenvalue weighted by molar-refractivity contribution is -0.150. The minimum absolute atomic E-state index is 0.551. The van der Waals surface area contributed by atoms with Gasteiger partial charge >= 0.3 is 11.9 Å². The van der Waals surface area contributed by atoms with Crippen LogP contribution in [-0.4, -0.2) is 19.0 Å². The quantitative estimate of drug-likeness (QED) is 0.662. The average molecular weight is 255 g/mol. The summed E-state index contributed by atoms with van der Waals surface area (Å²) in [7, 11) is 1.17. The van der Waals surface area contributed by atoms with E-state index < -0.39 is 11.9 Å². The van der Waals surface area contributed by atoms with Gasteiger partial charge in [0.05, 0.1) is 7.11 Å². The van der Waals surface area contributed by atoms with Crippen LogP contribution in [-0.2, 0) is 14.3 Å². The number of benzene rings is 2. The van der Waals surface area contributed by atoms with Crippen LogP contribution in [0, 0.1) is 0 Å². The fourth-order valence-electron chi connectivity index (χ4n) is 1.65. The second-order valence-corrected chi connectivity index (χ2v) is 3.89. The monoisotopic (exact) mass is 255 g/mol. The van der Waals surface area contributed by atoms with Crippen molar-refractivity contribution in [1.82, 2.24) is 0 Å². The SMILES string of the molecule is COC(=O)C(=O)Nc1ccc(-c2ccccc2)cc1.